The molecule has 4 heterocycles. The number of likely N-dealkylation sites (N-methyl/N-ethyl adjacent to an activating group) is 1. The number of amides is 1. The number of alkyl halides is 3. The summed E-state index contributed by atoms with van der Waals surface area (Å²) >= 11 is 0. The summed E-state index contributed by atoms with van der Waals surface area (Å²) in [6, 6.07) is 11.2. The lowest BCUT2D eigenvalue weighted by Crippen LogP contribution is -2.44. The molecule has 0 saturated carbocycles. The first-order chi connectivity index (χ1) is 17.7. The quantitative estimate of drug-likeness (QED) is 0.446. The average Bonchev–Trinajstić information content (AvgIpc) is 3.44. The van der Waals surface area contributed by atoms with Gasteiger partial charge in [-0.1, -0.05) is 24.3 Å². The summed E-state index contributed by atoms with van der Waals surface area (Å²) in [7, 11) is 2.08. The number of nitrogens with zero attached hydrogens (tertiary/aromatic N) is 5. The Hall–Kier alpha value is -3.92. The third-order valence-electron chi connectivity index (χ3n) is 7.27. The number of likely N-dealkylation sites (tertiary alicyclic amines) is 1. The summed E-state index contributed by atoms with van der Waals surface area (Å²) in [6.45, 7) is 2.35. The number of hydrogen-bond donors (Lipinski definition) is 1. The zero-order valence-electron chi connectivity index (χ0n) is 20.2. The van der Waals surface area contributed by atoms with Crippen LogP contribution in [0, 0.1) is 0 Å². The Kier molecular flexibility index (Phi) is 5.45. The number of rotatable bonds is 4. The monoisotopic (exact) mass is 506 g/mol. The molecule has 6 rings (SSSR count). The summed E-state index contributed by atoms with van der Waals surface area (Å²) in [4.78, 5) is 25.7. The fourth-order valence-electron chi connectivity index (χ4n) is 5.40. The summed E-state index contributed by atoms with van der Waals surface area (Å²) in [6.07, 6.45) is -0.308. The minimum atomic E-state index is -4.44. The van der Waals surface area contributed by atoms with Crippen molar-refractivity contribution in [2.75, 3.05) is 37.3 Å². The maximum absolute atomic E-state index is 13.1. The molecule has 2 aromatic carbocycles. The van der Waals surface area contributed by atoms with E-state index < -0.39 is 11.7 Å². The number of benzene rings is 2. The SMILES string of the molecule is CN1CC(n2cc(-c3ccc4c(c3)CCN4C(=O)Cc3cccc(C(F)(F)F)c3)c3c(N)ncnc32)C1. The maximum atomic E-state index is 13.1. The first-order valence-corrected chi connectivity index (χ1v) is 12.1. The van der Waals surface area contributed by atoms with Crippen molar-refractivity contribution in [2.24, 2.45) is 0 Å². The Morgan fingerprint density at radius 1 is 1.14 bits per heavy atom. The molecule has 2 aromatic heterocycles. The van der Waals surface area contributed by atoms with E-state index in [-0.39, 0.29) is 12.3 Å². The molecular formula is C27H25F3N6O. The topological polar surface area (TPSA) is 80.3 Å². The first-order valence-electron chi connectivity index (χ1n) is 12.1. The van der Waals surface area contributed by atoms with Crippen molar-refractivity contribution in [1.82, 2.24) is 19.4 Å². The number of aromatic nitrogens is 3. The third-order valence-corrected chi connectivity index (χ3v) is 7.27. The average molecular weight is 507 g/mol. The fourth-order valence-corrected chi connectivity index (χ4v) is 5.40. The molecule has 2 N–H and O–H groups in total. The van der Waals surface area contributed by atoms with E-state index in [4.69, 9.17) is 5.73 Å². The van der Waals surface area contributed by atoms with Crippen LogP contribution >= 0.6 is 0 Å². The number of carbonyl (C=O) groups is 1. The van der Waals surface area contributed by atoms with Crippen LogP contribution < -0.4 is 10.6 Å². The van der Waals surface area contributed by atoms with Crippen LogP contribution in [0.3, 0.4) is 0 Å². The van der Waals surface area contributed by atoms with E-state index in [9.17, 15) is 18.0 Å². The van der Waals surface area contributed by atoms with Crippen LogP contribution in [0.4, 0.5) is 24.7 Å². The smallest absolute Gasteiger partial charge is 0.383 e. The number of nitrogen functional groups attached to an aromatic ring is 1. The van der Waals surface area contributed by atoms with Gasteiger partial charge in [0.15, 0.2) is 0 Å². The number of anilines is 2. The highest BCUT2D eigenvalue weighted by Crippen LogP contribution is 2.39. The van der Waals surface area contributed by atoms with Crippen LogP contribution in [0.25, 0.3) is 22.2 Å². The molecule has 0 radical (unpaired) electrons. The summed E-state index contributed by atoms with van der Waals surface area (Å²) in [5.74, 6) is 0.194. The van der Waals surface area contributed by atoms with Gasteiger partial charge in [0, 0.05) is 37.1 Å². The molecule has 1 amide bonds. The van der Waals surface area contributed by atoms with Gasteiger partial charge in [-0.05, 0) is 48.4 Å². The summed E-state index contributed by atoms with van der Waals surface area (Å²) < 4.78 is 41.4. The molecule has 4 aromatic rings. The number of halogens is 3. The maximum Gasteiger partial charge on any atom is 0.416 e. The molecule has 0 spiro atoms. The highest BCUT2D eigenvalue weighted by Gasteiger charge is 2.32. The largest absolute Gasteiger partial charge is 0.416 e. The number of fused-ring (bicyclic) bond motifs is 2. The lowest BCUT2D eigenvalue weighted by Gasteiger charge is -2.37. The van der Waals surface area contributed by atoms with Gasteiger partial charge in [0.25, 0.3) is 0 Å². The lowest BCUT2D eigenvalue weighted by atomic mass is 10.0. The van der Waals surface area contributed by atoms with Gasteiger partial charge in [-0.2, -0.15) is 13.2 Å². The predicted octanol–water partition coefficient (Wildman–Crippen LogP) is 4.32. The molecule has 0 bridgehead atoms. The zero-order valence-corrected chi connectivity index (χ0v) is 20.2. The van der Waals surface area contributed by atoms with E-state index in [1.54, 1.807) is 11.0 Å². The van der Waals surface area contributed by atoms with Gasteiger partial charge in [-0.15, -0.1) is 0 Å². The highest BCUT2D eigenvalue weighted by atomic mass is 19.4. The normalized spacial score (nSPS) is 16.3. The second-order valence-corrected chi connectivity index (χ2v) is 9.80. The standard InChI is InChI=1S/C27H25F3N6O/c1-34-12-20(13-34)36-14-21(24-25(31)32-15-33-26(24)36)17-5-6-22-18(11-17)7-8-35(22)23(37)10-16-3-2-4-19(9-16)27(28,29)30/h2-6,9,11,14-15,20H,7-8,10,12-13H2,1H3,(H2,31,32,33). The molecular weight excluding hydrogens is 481 g/mol. The predicted molar refractivity (Wildman–Crippen MR) is 135 cm³/mol. The van der Waals surface area contributed by atoms with Crippen molar-refractivity contribution in [3.63, 3.8) is 0 Å². The summed E-state index contributed by atoms with van der Waals surface area (Å²) in [5, 5.41) is 0.812. The molecule has 1 fully saturated rings. The van der Waals surface area contributed by atoms with E-state index in [0.717, 1.165) is 58.6 Å². The van der Waals surface area contributed by atoms with Crippen LogP contribution in [0.5, 0.6) is 0 Å². The van der Waals surface area contributed by atoms with Crippen molar-refractivity contribution in [3.8, 4) is 11.1 Å². The summed E-state index contributed by atoms with van der Waals surface area (Å²) in [5.41, 5.74) is 10.4. The second kappa shape index (κ2) is 8.58. The Bertz CT molecular complexity index is 1520. The fraction of sp³-hybridized carbons (Fsp3) is 0.296. The van der Waals surface area contributed by atoms with Gasteiger partial charge < -0.3 is 20.1 Å². The number of hydrogen-bond acceptors (Lipinski definition) is 5. The number of carbonyl (C=O) groups excluding carboxylic acids is 1. The first kappa shape index (κ1) is 23.5. The van der Waals surface area contributed by atoms with Gasteiger partial charge in [0.05, 0.1) is 23.4 Å². The molecule has 2 aliphatic heterocycles. The Labute approximate surface area is 211 Å². The van der Waals surface area contributed by atoms with Crippen molar-refractivity contribution >= 4 is 28.4 Å². The zero-order chi connectivity index (χ0) is 25.9. The van der Waals surface area contributed by atoms with Crippen LogP contribution in [-0.2, 0) is 23.8 Å². The van der Waals surface area contributed by atoms with Gasteiger partial charge in [0.1, 0.15) is 17.8 Å². The Balaban J connectivity index is 1.29. The van der Waals surface area contributed by atoms with Crippen LogP contribution in [0.15, 0.2) is 55.0 Å². The lowest BCUT2D eigenvalue weighted by molar-refractivity contribution is -0.137. The molecule has 0 unspecified atom stereocenters. The molecule has 10 heteroatoms. The van der Waals surface area contributed by atoms with Crippen molar-refractivity contribution < 1.29 is 18.0 Å². The molecule has 190 valence electrons. The third kappa shape index (κ3) is 4.11. The molecule has 7 nitrogen and oxygen atoms in total. The van der Waals surface area contributed by atoms with E-state index in [2.05, 4.69) is 38.7 Å². The van der Waals surface area contributed by atoms with E-state index in [1.165, 1.54) is 12.4 Å². The molecule has 37 heavy (non-hydrogen) atoms. The Morgan fingerprint density at radius 2 is 1.95 bits per heavy atom. The van der Waals surface area contributed by atoms with Gasteiger partial charge in [0.2, 0.25) is 5.91 Å². The second-order valence-electron chi connectivity index (χ2n) is 9.80. The number of nitrogens with two attached hydrogens (primary N) is 1. The van der Waals surface area contributed by atoms with E-state index in [1.807, 2.05) is 12.1 Å². The molecule has 0 atom stereocenters. The highest BCUT2D eigenvalue weighted by molar-refractivity contribution is 6.02. The van der Waals surface area contributed by atoms with Crippen LogP contribution in [-0.4, -0.2) is 52.0 Å². The molecule has 1 saturated heterocycles. The van der Waals surface area contributed by atoms with E-state index in [0.29, 0.717) is 30.4 Å². The van der Waals surface area contributed by atoms with Gasteiger partial charge >= 0.3 is 6.18 Å². The van der Waals surface area contributed by atoms with Crippen molar-refractivity contribution in [1.29, 1.82) is 0 Å². The molecule has 0 aliphatic carbocycles. The Morgan fingerprint density at radius 3 is 2.70 bits per heavy atom. The van der Waals surface area contributed by atoms with Crippen molar-refractivity contribution in [3.05, 3.63) is 71.7 Å². The molecule has 2 aliphatic rings. The minimum Gasteiger partial charge on any atom is -0.383 e. The van der Waals surface area contributed by atoms with Crippen LogP contribution in [0.1, 0.15) is 22.7 Å². The van der Waals surface area contributed by atoms with Gasteiger partial charge in [-0.25, -0.2) is 9.97 Å². The van der Waals surface area contributed by atoms with E-state index >= 15 is 0 Å². The minimum absolute atomic E-state index is 0.0949. The van der Waals surface area contributed by atoms with Crippen LogP contribution in [0.2, 0.25) is 0 Å². The van der Waals surface area contributed by atoms with Gasteiger partial charge in [-0.3, -0.25) is 4.79 Å². The van der Waals surface area contributed by atoms with Crippen molar-refractivity contribution in [2.45, 2.75) is 25.1 Å².